The zero-order valence-electron chi connectivity index (χ0n) is 25.5. The van der Waals surface area contributed by atoms with E-state index in [-0.39, 0.29) is 11.3 Å². The fraction of sp³-hybridized carbons (Fsp3) is 0.472. The molecule has 9 rings (SSSR count). The summed E-state index contributed by atoms with van der Waals surface area (Å²) < 4.78 is 4.04. The minimum atomic E-state index is 0.0650. The molecule has 4 bridgehead atoms. The fourth-order valence-electron chi connectivity index (χ4n) is 9.26. The highest BCUT2D eigenvalue weighted by Crippen LogP contribution is 2.61. The monoisotopic (exact) mass is 574 g/mol. The van der Waals surface area contributed by atoms with Crippen LogP contribution >= 0.6 is 0 Å². The Balaban J connectivity index is 1.03. The van der Waals surface area contributed by atoms with E-state index in [2.05, 4.69) is 76.9 Å². The molecule has 7 nitrogen and oxygen atoms in total. The van der Waals surface area contributed by atoms with Gasteiger partial charge in [-0.3, -0.25) is 9.69 Å². The summed E-state index contributed by atoms with van der Waals surface area (Å²) in [4.78, 5) is 18.9. The number of piperazine rings is 1. The maximum atomic E-state index is 14.3. The van der Waals surface area contributed by atoms with Gasteiger partial charge in [-0.25, -0.2) is 9.36 Å². The molecule has 222 valence electrons. The first-order valence-corrected chi connectivity index (χ1v) is 16.2. The number of carbonyl (C=O) groups is 1. The number of para-hydroxylation sites is 2. The number of aryl methyl sites for hydroxylation is 1. The Kier molecular flexibility index (Phi) is 6.55. The molecule has 0 radical (unpaired) electrons. The summed E-state index contributed by atoms with van der Waals surface area (Å²) in [6.07, 6.45) is 9.80. The molecule has 7 heteroatoms. The Morgan fingerprint density at radius 2 is 1.37 bits per heavy atom. The van der Waals surface area contributed by atoms with Gasteiger partial charge in [-0.1, -0.05) is 36.4 Å². The zero-order valence-corrected chi connectivity index (χ0v) is 25.5. The second-order valence-corrected chi connectivity index (χ2v) is 13.8. The molecular formula is C36H42N6O. The number of hydrogen-bond donors (Lipinski definition) is 0. The van der Waals surface area contributed by atoms with Gasteiger partial charge in [0.15, 0.2) is 0 Å². The normalized spacial score (nSPS) is 26.7. The molecule has 2 aromatic carbocycles. The van der Waals surface area contributed by atoms with E-state index in [1.165, 1.54) is 49.8 Å². The van der Waals surface area contributed by atoms with Crippen LogP contribution in [0.2, 0.25) is 0 Å². The van der Waals surface area contributed by atoms with Crippen LogP contribution in [0.1, 0.15) is 71.5 Å². The lowest BCUT2D eigenvalue weighted by Gasteiger charge is -2.56. The highest BCUT2D eigenvalue weighted by molar-refractivity contribution is 5.95. The largest absolute Gasteiger partial charge is 0.336 e. The number of benzene rings is 2. The number of nitrogens with zero attached hydrogens (tertiary/aromatic N) is 6. The second-order valence-electron chi connectivity index (χ2n) is 13.8. The second kappa shape index (κ2) is 10.5. The molecule has 5 aliphatic rings. The van der Waals surface area contributed by atoms with Crippen molar-refractivity contribution < 1.29 is 4.79 Å². The van der Waals surface area contributed by atoms with Crippen LogP contribution in [-0.2, 0) is 12.0 Å². The Hall–Kier alpha value is -3.71. The summed E-state index contributed by atoms with van der Waals surface area (Å²) in [6, 6.07) is 20.7. The number of carbonyl (C=O) groups excluding carboxylic acids is 1. The topological polar surface area (TPSA) is 59.2 Å². The Morgan fingerprint density at radius 3 is 1.98 bits per heavy atom. The number of rotatable bonds is 6. The molecule has 3 heterocycles. The van der Waals surface area contributed by atoms with Crippen molar-refractivity contribution in [3.8, 4) is 11.4 Å². The average Bonchev–Trinajstić information content (AvgIpc) is 3.60. The Morgan fingerprint density at radius 1 is 0.791 bits per heavy atom. The molecule has 4 aromatic rings. The lowest BCUT2D eigenvalue weighted by molar-refractivity contribution is -0.00793. The molecule has 4 saturated carbocycles. The lowest BCUT2D eigenvalue weighted by Crippen LogP contribution is -2.51. The molecule has 0 N–H and O–H groups in total. The van der Waals surface area contributed by atoms with Crippen LogP contribution in [-0.4, -0.2) is 61.4 Å². The standard InChI is InChI=1S/C36H42N6O/c1-25-32(26(2)42(37-25)31-11-7-4-8-12-31)23-39-13-15-40(16-14-39)35(43)33-24-41(30-9-5-3-6-10-30)38-34(33)36-20-27-17-28(21-36)19-29(18-27)22-36/h3-12,24,27-29H,13-23H2,1-2H3. The highest BCUT2D eigenvalue weighted by Gasteiger charge is 2.54. The quantitative estimate of drug-likeness (QED) is 0.279. The van der Waals surface area contributed by atoms with Gasteiger partial charge in [0, 0.05) is 55.6 Å². The molecule has 43 heavy (non-hydrogen) atoms. The van der Waals surface area contributed by atoms with Crippen LogP contribution in [0.5, 0.6) is 0 Å². The highest BCUT2D eigenvalue weighted by atomic mass is 16.2. The van der Waals surface area contributed by atoms with E-state index >= 15 is 0 Å². The van der Waals surface area contributed by atoms with E-state index < -0.39 is 0 Å². The maximum Gasteiger partial charge on any atom is 0.257 e. The molecule has 0 spiro atoms. The van der Waals surface area contributed by atoms with Crippen LogP contribution in [0.3, 0.4) is 0 Å². The van der Waals surface area contributed by atoms with Gasteiger partial charge in [0.2, 0.25) is 0 Å². The Bertz CT molecular complexity index is 1590. The van der Waals surface area contributed by atoms with Crippen molar-refractivity contribution in [2.75, 3.05) is 26.2 Å². The lowest BCUT2D eigenvalue weighted by atomic mass is 9.48. The van der Waals surface area contributed by atoms with E-state index in [9.17, 15) is 4.79 Å². The van der Waals surface area contributed by atoms with E-state index in [0.717, 1.165) is 78.8 Å². The van der Waals surface area contributed by atoms with Gasteiger partial charge in [0.05, 0.1) is 28.3 Å². The number of aromatic nitrogens is 4. The van der Waals surface area contributed by atoms with Gasteiger partial charge in [0.1, 0.15) is 0 Å². The summed E-state index contributed by atoms with van der Waals surface area (Å²) in [7, 11) is 0. The van der Waals surface area contributed by atoms with Crippen LogP contribution in [0, 0.1) is 31.6 Å². The Labute approximate surface area is 254 Å². The van der Waals surface area contributed by atoms with Gasteiger partial charge in [0.25, 0.3) is 5.91 Å². The molecule has 4 aliphatic carbocycles. The fourth-order valence-corrected chi connectivity index (χ4v) is 9.26. The summed E-state index contributed by atoms with van der Waals surface area (Å²) >= 11 is 0. The van der Waals surface area contributed by atoms with Crippen molar-refractivity contribution in [1.29, 1.82) is 0 Å². The van der Waals surface area contributed by atoms with Gasteiger partial charge in [-0.2, -0.15) is 10.2 Å². The van der Waals surface area contributed by atoms with Gasteiger partial charge >= 0.3 is 0 Å². The smallest absolute Gasteiger partial charge is 0.257 e. The van der Waals surface area contributed by atoms with Crippen LogP contribution in [0.25, 0.3) is 11.4 Å². The molecule has 2 aromatic heterocycles. The van der Waals surface area contributed by atoms with Crippen LogP contribution in [0.15, 0.2) is 66.9 Å². The van der Waals surface area contributed by atoms with Crippen LogP contribution in [0.4, 0.5) is 0 Å². The number of amides is 1. The van der Waals surface area contributed by atoms with Crippen molar-refractivity contribution in [1.82, 2.24) is 29.4 Å². The van der Waals surface area contributed by atoms with Crippen molar-refractivity contribution >= 4 is 5.91 Å². The van der Waals surface area contributed by atoms with E-state index in [1.807, 2.05) is 23.0 Å². The number of hydrogen-bond acceptors (Lipinski definition) is 4. The summed E-state index contributed by atoms with van der Waals surface area (Å²) in [5, 5.41) is 10.1. The molecule has 5 fully saturated rings. The van der Waals surface area contributed by atoms with Crippen molar-refractivity contribution in [3.05, 3.63) is 95.1 Å². The SMILES string of the molecule is Cc1nn(-c2ccccc2)c(C)c1CN1CCN(C(=O)c2cn(-c3ccccc3)nc2C23CC4CC(CC(C4)C2)C3)CC1. The van der Waals surface area contributed by atoms with E-state index in [1.54, 1.807) is 0 Å². The van der Waals surface area contributed by atoms with E-state index in [0.29, 0.717) is 0 Å². The molecule has 0 unspecified atom stereocenters. The third-order valence-corrected chi connectivity index (χ3v) is 11.0. The summed E-state index contributed by atoms with van der Waals surface area (Å²) in [5.41, 5.74) is 7.67. The molecule has 0 atom stereocenters. The summed E-state index contributed by atoms with van der Waals surface area (Å²) in [6.45, 7) is 8.33. The zero-order chi connectivity index (χ0) is 29.1. The molecule has 1 aliphatic heterocycles. The van der Waals surface area contributed by atoms with Gasteiger partial charge < -0.3 is 4.90 Å². The van der Waals surface area contributed by atoms with Crippen molar-refractivity contribution in [3.63, 3.8) is 0 Å². The predicted molar refractivity (Wildman–Crippen MR) is 168 cm³/mol. The predicted octanol–water partition coefficient (Wildman–Crippen LogP) is 6.10. The minimum Gasteiger partial charge on any atom is -0.336 e. The first-order valence-electron chi connectivity index (χ1n) is 16.2. The molecular weight excluding hydrogens is 532 g/mol. The summed E-state index contributed by atoms with van der Waals surface area (Å²) in [5.74, 6) is 2.57. The average molecular weight is 575 g/mol. The van der Waals surface area contributed by atoms with E-state index in [4.69, 9.17) is 10.2 Å². The van der Waals surface area contributed by atoms with Gasteiger partial charge in [-0.15, -0.1) is 0 Å². The van der Waals surface area contributed by atoms with Crippen LogP contribution < -0.4 is 0 Å². The third-order valence-electron chi connectivity index (χ3n) is 11.0. The molecule has 1 saturated heterocycles. The third kappa shape index (κ3) is 4.73. The van der Waals surface area contributed by atoms with Crippen molar-refractivity contribution in [2.45, 2.75) is 64.3 Å². The maximum absolute atomic E-state index is 14.3. The van der Waals surface area contributed by atoms with Gasteiger partial charge in [-0.05, 0) is 94.4 Å². The first kappa shape index (κ1) is 26.9. The first-order chi connectivity index (χ1) is 21.0. The minimum absolute atomic E-state index is 0.0650. The van der Waals surface area contributed by atoms with Crippen molar-refractivity contribution in [2.24, 2.45) is 17.8 Å². The molecule has 1 amide bonds.